The third kappa shape index (κ3) is 5.56. The molecule has 0 aliphatic carbocycles. The maximum Gasteiger partial charge on any atom is 0.119 e. The Kier molecular flexibility index (Phi) is 6.43. The van der Waals surface area contributed by atoms with Crippen LogP contribution in [0.2, 0.25) is 0 Å². The van der Waals surface area contributed by atoms with E-state index in [0.717, 1.165) is 25.2 Å². The lowest BCUT2D eigenvalue weighted by molar-refractivity contribution is 0.114. The van der Waals surface area contributed by atoms with E-state index in [0.29, 0.717) is 5.75 Å². The van der Waals surface area contributed by atoms with Crippen LogP contribution in [-0.4, -0.2) is 31.0 Å². The fraction of sp³-hybridized carbons (Fsp3) is 0.538. The molecule has 0 fully saturated rings. The van der Waals surface area contributed by atoms with Crippen molar-refractivity contribution < 1.29 is 14.6 Å². The van der Waals surface area contributed by atoms with Crippen molar-refractivity contribution in [3.05, 3.63) is 24.3 Å². The first-order valence-electron chi connectivity index (χ1n) is 6.00. The number of nitrogens with two attached hydrogens (primary N) is 1. The second kappa shape index (κ2) is 7.92. The monoisotopic (exact) mass is 239 g/mol. The molecule has 0 radical (unpaired) electrons. The lowest BCUT2D eigenvalue weighted by Gasteiger charge is -2.11. The Labute approximate surface area is 102 Å². The Morgan fingerprint density at radius 3 is 2.29 bits per heavy atom. The van der Waals surface area contributed by atoms with Gasteiger partial charge in [0.2, 0.25) is 0 Å². The van der Waals surface area contributed by atoms with Crippen molar-refractivity contribution >= 4 is 0 Å². The Balaban J connectivity index is 2.34. The SMILES string of the molecule is CCCCOc1ccc(OCC(O)CN)cc1. The molecule has 0 aliphatic rings. The minimum Gasteiger partial charge on any atom is -0.494 e. The van der Waals surface area contributed by atoms with Crippen LogP contribution in [0.4, 0.5) is 0 Å². The van der Waals surface area contributed by atoms with Crippen molar-refractivity contribution in [1.29, 1.82) is 0 Å². The van der Waals surface area contributed by atoms with E-state index in [-0.39, 0.29) is 13.2 Å². The van der Waals surface area contributed by atoms with Gasteiger partial charge in [-0.3, -0.25) is 0 Å². The Hall–Kier alpha value is -1.26. The van der Waals surface area contributed by atoms with Crippen LogP contribution in [-0.2, 0) is 0 Å². The van der Waals surface area contributed by atoms with Gasteiger partial charge in [-0.05, 0) is 30.7 Å². The van der Waals surface area contributed by atoms with E-state index in [1.807, 2.05) is 24.3 Å². The van der Waals surface area contributed by atoms with Crippen LogP contribution in [0, 0.1) is 0 Å². The zero-order chi connectivity index (χ0) is 12.5. The molecule has 0 aliphatic heterocycles. The van der Waals surface area contributed by atoms with Gasteiger partial charge in [0.05, 0.1) is 6.61 Å². The number of ether oxygens (including phenoxy) is 2. The Bertz CT molecular complexity index is 300. The molecule has 0 amide bonds. The fourth-order valence-electron chi connectivity index (χ4n) is 1.23. The number of aliphatic hydroxyl groups excluding tert-OH is 1. The number of aliphatic hydroxyl groups is 1. The van der Waals surface area contributed by atoms with Gasteiger partial charge in [-0.25, -0.2) is 0 Å². The predicted octanol–water partition coefficient (Wildman–Crippen LogP) is 1.56. The van der Waals surface area contributed by atoms with Gasteiger partial charge in [0.1, 0.15) is 24.2 Å². The maximum atomic E-state index is 9.24. The summed E-state index contributed by atoms with van der Waals surface area (Å²) in [5.74, 6) is 1.55. The number of unbranched alkanes of at least 4 members (excludes halogenated alkanes) is 1. The first kappa shape index (κ1) is 13.8. The highest BCUT2D eigenvalue weighted by Crippen LogP contribution is 2.17. The largest absolute Gasteiger partial charge is 0.494 e. The molecule has 0 saturated carbocycles. The standard InChI is InChI=1S/C13H21NO3/c1-2-3-8-16-12-4-6-13(7-5-12)17-10-11(15)9-14/h4-7,11,15H,2-3,8-10,14H2,1H3. The van der Waals surface area contributed by atoms with Crippen LogP contribution in [0.1, 0.15) is 19.8 Å². The minimum absolute atomic E-state index is 0.207. The molecule has 0 saturated heterocycles. The van der Waals surface area contributed by atoms with Crippen molar-refractivity contribution in [2.75, 3.05) is 19.8 Å². The van der Waals surface area contributed by atoms with E-state index in [1.54, 1.807) is 0 Å². The number of rotatable bonds is 8. The van der Waals surface area contributed by atoms with Gasteiger partial charge in [0, 0.05) is 6.54 Å². The first-order valence-corrected chi connectivity index (χ1v) is 6.00. The zero-order valence-corrected chi connectivity index (χ0v) is 10.3. The van der Waals surface area contributed by atoms with Crippen molar-refractivity contribution in [2.45, 2.75) is 25.9 Å². The lowest BCUT2D eigenvalue weighted by atomic mass is 10.3. The van der Waals surface area contributed by atoms with Crippen LogP contribution in [0.5, 0.6) is 11.5 Å². The van der Waals surface area contributed by atoms with Crippen molar-refractivity contribution in [2.24, 2.45) is 5.73 Å². The summed E-state index contributed by atoms with van der Waals surface area (Å²) >= 11 is 0. The number of benzene rings is 1. The van der Waals surface area contributed by atoms with Gasteiger partial charge in [-0.2, -0.15) is 0 Å². The van der Waals surface area contributed by atoms with E-state index in [4.69, 9.17) is 15.2 Å². The summed E-state index contributed by atoms with van der Waals surface area (Å²) in [4.78, 5) is 0. The molecule has 0 spiro atoms. The molecule has 0 bridgehead atoms. The summed E-state index contributed by atoms with van der Waals surface area (Å²) in [5.41, 5.74) is 5.28. The van der Waals surface area contributed by atoms with Gasteiger partial charge in [0.25, 0.3) is 0 Å². The minimum atomic E-state index is -0.615. The van der Waals surface area contributed by atoms with E-state index < -0.39 is 6.10 Å². The van der Waals surface area contributed by atoms with Gasteiger partial charge < -0.3 is 20.3 Å². The Morgan fingerprint density at radius 1 is 1.18 bits per heavy atom. The third-order valence-corrected chi connectivity index (χ3v) is 2.30. The quantitative estimate of drug-likeness (QED) is 0.676. The predicted molar refractivity (Wildman–Crippen MR) is 67.4 cm³/mol. The molecular formula is C13H21NO3. The molecule has 0 aromatic heterocycles. The third-order valence-electron chi connectivity index (χ3n) is 2.30. The molecule has 1 atom stereocenters. The van der Waals surface area contributed by atoms with E-state index in [1.165, 1.54) is 0 Å². The molecule has 17 heavy (non-hydrogen) atoms. The van der Waals surface area contributed by atoms with Crippen molar-refractivity contribution in [3.63, 3.8) is 0 Å². The van der Waals surface area contributed by atoms with Gasteiger partial charge in [0.15, 0.2) is 0 Å². The summed E-state index contributed by atoms with van der Waals surface area (Å²) in [6, 6.07) is 7.37. The molecule has 1 aromatic rings. The van der Waals surface area contributed by atoms with Crippen LogP contribution >= 0.6 is 0 Å². The van der Waals surface area contributed by atoms with E-state index in [2.05, 4.69) is 6.92 Å². The normalized spacial score (nSPS) is 12.2. The number of hydrogen-bond acceptors (Lipinski definition) is 4. The molecule has 4 nitrogen and oxygen atoms in total. The molecule has 96 valence electrons. The lowest BCUT2D eigenvalue weighted by Crippen LogP contribution is -2.26. The molecule has 0 heterocycles. The number of hydrogen-bond donors (Lipinski definition) is 2. The summed E-state index contributed by atoms with van der Waals surface area (Å²) in [5, 5.41) is 9.24. The summed E-state index contributed by atoms with van der Waals surface area (Å²) in [7, 11) is 0. The molecular weight excluding hydrogens is 218 g/mol. The maximum absolute atomic E-state index is 9.24. The highest BCUT2D eigenvalue weighted by molar-refractivity contribution is 5.31. The van der Waals surface area contributed by atoms with Crippen molar-refractivity contribution in [3.8, 4) is 11.5 Å². The van der Waals surface area contributed by atoms with Gasteiger partial charge >= 0.3 is 0 Å². The summed E-state index contributed by atoms with van der Waals surface area (Å²) < 4.78 is 10.9. The summed E-state index contributed by atoms with van der Waals surface area (Å²) in [6.45, 7) is 3.29. The second-order valence-corrected chi connectivity index (χ2v) is 3.87. The smallest absolute Gasteiger partial charge is 0.119 e. The van der Waals surface area contributed by atoms with Crippen molar-refractivity contribution in [1.82, 2.24) is 0 Å². The molecule has 1 rings (SSSR count). The highest BCUT2D eigenvalue weighted by atomic mass is 16.5. The molecule has 4 heteroatoms. The average Bonchev–Trinajstić information content (AvgIpc) is 2.37. The highest BCUT2D eigenvalue weighted by Gasteiger charge is 2.02. The van der Waals surface area contributed by atoms with Crippen LogP contribution in [0.3, 0.4) is 0 Å². The van der Waals surface area contributed by atoms with E-state index >= 15 is 0 Å². The zero-order valence-electron chi connectivity index (χ0n) is 10.3. The molecule has 1 unspecified atom stereocenters. The molecule has 3 N–H and O–H groups in total. The molecule has 1 aromatic carbocycles. The topological polar surface area (TPSA) is 64.7 Å². The van der Waals surface area contributed by atoms with Gasteiger partial charge in [-0.1, -0.05) is 13.3 Å². The van der Waals surface area contributed by atoms with E-state index in [9.17, 15) is 5.11 Å². The fourth-order valence-corrected chi connectivity index (χ4v) is 1.23. The Morgan fingerprint density at radius 2 is 1.76 bits per heavy atom. The second-order valence-electron chi connectivity index (χ2n) is 3.87. The summed E-state index contributed by atoms with van der Waals surface area (Å²) in [6.07, 6.45) is 1.56. The van der Waals surface area contributed by atoms with Crippen LogP contribution < -0.4 is 15.2 Å². The average molecular weight is 239 g/mol. The van der Waals surface area contributed by atoms with Crippen LogP contribution in [0.15, 0.2) is 24.3 Å². The van der Waals surface area contributed by atoms with Gasteiger partial charge in [-0.15, -0.1) is 0 Å². The van der Waals surface area contributed by atoms with Crippen LogP contribution in [0.25, 0.3) is 0 Å². The first-order chi connectivity index (χ1) is 8.26.